The van der Waals surface area contributed by atoms with Crippen LogP contribution in [-0.2, 0) is 4.79 Å². The third-order valence-electron chi connectivity index (χ3n) is 3.28. The second kappa shape index (κ2) is 6.64. The summed E-state index contributed by atoms with van der Waals surface area (Å²) in [7, 11) is 1.60. The van der Waals surface area contributed by atoms with E-state index in [0.717, 1.165) is 16.9 Å². The molecule has 0 aliphatic carbocycles. The molecule has 2 rings (SSSR count). The predicted octanol–water partition coefficient (Wildman–Crippen LogP) is 3.43. The van der Waals surface area contributed by atoms with Crippen LogP contribution in [0.2, 0.25) is 0 Å². The fourth-order valence-electron chi connectivity index (χ4n) is 1.89. The van der Waals surface area contributed by atoms with Gasteiger partial charge in [-0.25, -0.2) is 0 Å². The zero-order chi connectivity index (χ0) is 16.1. The number of methoxy groups -OCH3 is 1. The van der Waals surface area contributed by atoms with Gasteiger partial charge in [0.05, 0.1) is 7.11 Å². The number of ether oxygens (including phenoxy) is 1. The van der Waals surface area contributed by atoms with Gasteiger partial charge in [0.25, 0.3) is 5.91 Å². The SMILES string of the molecule is COc1ccc(/C=C/C(=O)Nc2oc(C)c(C)c2C#N)cc1. The van der Waals surface area contributed by atoms with E-state index in [9.17, 15) is 4.79 Å². The molecule has 1 heterocycles. The van der Waals surface area contributed by atoms with Gasteiger partial charge in [-0.2, -0.15) is 5.26 Å². The average molecular weight is 296 g/mol. The van der Waals surface area contributed by atoms with Crippen LogP contribution in [0.4, 0.5) is 5.88 Å². The van der Waals surface area contributed by atoms with Crippen molar-refractivity contribution in [2.45, 2.75) is 13.8 Å². The molecule has 0 bridgehead atoms. The zero-order valence-electron chi connectivity index (χ0n) is 12.6. The van der Waals surface area contributed by atoms with E-state index in [1.807, 2.05) is 30.3 Å². The number of rotatable bonds is 4. The highest BCUT2D eigenvalue weighted by atomic mass is 16.5. The summed E-state index contributed by atoms with van der Waals surface area (Å²) in [6.45, 7) is 3.53. The van der Waals surface area contributed by atoms with Crippen LogP contribution in [0.3, 0.4) is 0 Å². The number of carbonyl (C=O) groups is 1. The minimum Gasteiger partial charge on any atom is -0.497 e. The van der Waals surface area contributed by atoms with E-state index in [4.69, 9.17) is 14.4 Å². The van der Waals surface area contributed by atoms with Crippen LogP contribution in [0, 0.1) is 25.2 Å². The predicted molar refractivity (Wildman–Crippen MR) is 83.6 cm³/mol. The molecule has 0 unspecified atom stereocenters. The van der Waals surface area contributed by atoms with Crippen molar-refractivity contribution >= 4 is 17.9 Å². The van der Waals surface area contributed by atoms with Gasteiger partial charge in [-0.15, -0.1) is 0 Å². The van der Waals surface area contributed by atoms with Crippen LogP contribution in [0.5, 0.6) is 5.75 Å². The second-order valence-electron chi connectivity index (χ2n) is 4.69. The number of nitriles is 1. The molecule has 5 heteroatoms. The largest absolute Gasteiger partial charge is 0.497 e. The molecule has 2 aromatic rings. The van der Waals surface area contributed by atoms with E-state index in [-0.39, 0.29) is 11.8 Å². The highest BCUT2D eigenvalue weighted by Gasteiger charge is 2.15. The van der Waals surface area contributed by atoms with Gasteiger partial charge in [0.2, 0.25) is 5.88 Å². The third-order valence-corrected chi connectivity index (χ3v) is 3.28. The highest BCUT2D eigenvalue weighted by molar-refractivity contribution is 6.01. The maximum Gasteiger partial charge on any atom is 0.250 e. The summed E-state index contributed by atoms with van der Waals surface area (Å²) >= 11 is 0. The topological polar surface area (TPSA) is 75.3 Å². The van der Waals surface area contributed by atoms with Crippen LogP contribution in [0.1, 0.15) is 22.5 Å². The number of hydrogen-bond acceptors (Lipinski definition) is 4. The van der Waals surface area contributed by atoms with Gasteiger partial charge in [-0.05, 0) is 37.6 Å². The van der Waals surface area contributed by atoms with Gasteiger partial charge in [0.15, 0.2) is 0 Å². The summed E-state index contributed by atoms with van der Waals surface area (Å²) in [5.41, 5.74) is 1.95. The Morgan fingerprint density at radius 3 is 2.59 bits per heavy atom. The lowest BCUT2D eigenvalue weighted by molar-refractivity contribution is -0.111. The number of benzene rings is 1. The van der Waals surface area contributed by atoms with Crippen molar-refractivity contribution in [2.24, 2.45) is 0 Å². The monoisotopic (exact) mass is 296 g/mol. The standard InChI is InChI=1S/C17H16N2O3/c1-11-12(2)22-17(15(11)10-18)19-16(20)9-6-13-4-7-14(21-3)8-5-13/h4-9H,1-3H3,(H,19,20)/b9-6+. The van der Waals surface area contributed by atoms with Crippen LogP contribution < -0.4 is 10.1 Å². The first-order valence-electron chi connectivity index (χ1n) is 6.68. The molecule has 0 aliphatic rings. The number of anilines is 1. The van der Waals surface area contributed by atoms with Crippen molar-refractivity contribution in [1.29, 1.82) is 5.26 Å². The smallest absolute Gasteiger partial charge is 0.250 e. The highest BCUT2D eigenvalue weighted by Crippen LogP contribution is 2.25. The molecule has 22 heavy (non-hydrogen) atoms. The zero-order valence-corrected chi connectivity index (χ0v) is 12.6. The fourth-order valence-corrected chi connectivity index (χ4v) is 1.89. The van der Waals surface area contributed by atoms with E-state index >= 15 is 0 Å². The van der Waals surface area contributed by atoms with Crippen molar-refractivity contribution in [1.82, 2.24) is 0 Å². The minimum absolute atomic E-state index is 0.182. The summed E-state index contributed by atoms with van der Waals surface area (Å²) in [5.74, 6) is 1.19. The minimum atomic E-state index is -0.360. The van der Waals surface area contributed by atoms with E-state index in [2.05, 4.69) is 5.32 Å². The van der Waals surface area contributed by atoms with Crippen molar-refractivity contribution in [3.63, 3.8) is 0 Å². The summed E-state index contributed by atoms with van der Waals surface area (Å²) in [5, 5.41) is 11.7. The second-order valence-corrected chi connectivity index (χ2v) is 4.69. The van der Waals surface area contributed by atoms with Crippen molar-refractivity contribution in [2.75, 3.05) is 12.4 Å². The molecule has 1 N–H and O–H groups in total. The van der Waals surface area contributed by atoms with E-state index in [1.54, 1.807) is 27.0 Å². The van der Waals surface area contributed by atoms with Crippen LogP contribution in [0.15, 0.2) is 34.8 Å². The number of nitrogens with one attached hydrogen (secondary N) is 1. The summed E-state index contributed by atoms with van der Waals surface area (Å²) in [6.07, 6.45) is 3.06. The molecule has 112 valence electrons. The molecule has 1 aromatic heterocycles. The summed E-state index contributed by atoms with van der Waals surface area (Å²) in [4.78, 5) is 11.9. The molecular weight excluding hydrogens is 280 g/mol. The first kappa shape index (κ1) is 15.4. The van der Waals surface area contributed by atoms with E-state index in [1.165, 1.54) is 6.08 Å². The number of hydrogen-bond donors (Lipinski definition) is 1. The Labute approximate surface area is 128 Å². The molecular formula is C17H16N2O3. The van der Waals surface area contributed by atoms with Gasteiger partial charge in [-0.3, -0.25) is 10.1 Å². The molecule has 0 saturated carbocycles. The Morgan fingerprint density at radius 1 is 1.32 bits per heavy atom. The van der Waals surface area contributed by atoms with Crippen molar-refractivity contribution in [3.05, 3.63) is 52.8 Å². The molecule has 0 saturated heterocycles. The Hall–Kier alpha value is -3.00. The Bertz CT molecular complexity index is 749. The van der Waals surface area contributed by atoms with Gasteiger partial charge < -0.3 is 9.15 Å². The summed E-state index contributed by atoms with van der Waals surface area (Å²) < 4.78 is 10.5. The van der Waals surface area contributed by atoms with E-state index < -0.39 is 0 Å². The lowest BCUT2D eigenvalue weighted by Crippen LogP contribution is -2.08. The average Bonchev–Trinajstić information content (AvgIpc) is 2.79. The Balaban J connectivity index is 2.08. The van der Waals surface area contributed by atoms with E-state index in [0.29, 0.717) is 11.3 Å². The number of carbonyl (C=O) groups excluding carboxylic acids is 1. The van der Waals surface area contributed by atoms with Crippen molar-refractivity contribution < 1.29 is 13.9 Å². The van der Waals surface area contributed by atoms with Crippen molar-refractivity contribution in [3.8, 4) is 11.8 Å². The molecule has 0 spiro atoms. The molecule has 5 nitrogen and oxygen atoms in total. The maximum absolute atomic E-state index is 11.9. The number of aryl methyl sites for hydroxylation is 1. The van der Waals surface area contributed by atoms with Crippen LogP contribution in [0.25, 0.3) is 6.08 Å². The quantitative estimate of drug-likeness (QED) is 0.877. The lowest BCUT2D eigenvalue weighted by atomic mass is 10.2. The molecule has 0 radical (unpaired) electrons. The lowest BCUT2D eigenvalue weighted by Gasteiger charge is -2.00. The first-order valence-corrected chi connectivity index (χ1v) is 6.68. The Kier molecular flexibility index (Phi) is 4.64. The maximum atomic E-state index is 11.9. The summed E-state index contributed by atoms with van der Waals surface area (Å²) in [6, 6.07) is 9.33. The molecule has 1 amide bonds. The van der Waals surface area contributed by atoms with Gasteiger partial charge in [0, 0.05) is 11.6 Å². The van der Waals surface area contributed by atoms with Crippen LogP contribution in [-0.4, -0.2) is 13.0 Å². The molecule has 0 atom stereocenters. The number of furan rings is 1. The third kappa shape index (κ3) is 3.36. The Morgan fingerprint density at radius 2 is 2.00 bits per heavy atom. The molecule has 0 aliphatic heterocycles. The number of amides is 1. The molecule has 0 fully saturated rings. The van der Waals surface area contributed by atoms with Gasteiger partial charge >= 0.3 is 0 Å². The fraction of sp³-hybridized carbons (Fsp3) is 0.176. The van der Waals surface area contributed by atoms with Gasteiger partial charge in [0.1, 0.15) is 23.1 Å². The van der Waals surface area contributed by atoms with Gasteiger partial charge in [-0.1, -0.05) is 12.1 Å². The first-order chi connectivity index (χ1) is 10.5. The normalized spacial score (nSPS) is 10.5. The molecule has 1 aromatic carbocycles. The van der Waals surface area contributed by atoms with Crippen LogP contribution >= 0.6 is 0 Å². The number of nitrogens with zero attached hydrogens (tertiary/aromatic N) is 1.